The Bertz CT molecular complexity index is 1350. The third kappa shape index (κ3) is 4.58. The van der Waals surface area contributed by atoms with Crippen molar-refractivity contribution in [3.63, 3.8) is 0 Å². The maximum absolute atomic E-state index is 13.8. The van der Waals surface area contributed by atoms with Crippen molar-refractivity contribution in [2.24, 2.45) is 0 Å². The van der Waals surface area contributed by atoms with E-state index in [1.54, 1.807) is 30.3 Å². The van der Waals surface area contributed by atoms with E-state index in [1.165, 1.54) is 17.0 Å². The molecule has 0 spiro atoms. The van der Waals surface area contributed by atoms with Gasteiger partial charge in [-0.25, -0.2) is 9.97 Å². The second-order valence-corrected chi connectivity index (χ2v) is 8.23. The van der Waals surface area contributed by atoms with E-state index < -0.39 is 23.7 Å². The van der Waals surface area contributed by atoms with Gasteiger partial charge in [0, 0.05) is 17.8 Å². The van der Waals surface area contributed by atoms with Gasteiger partial charge in [0.1, 0.15) is 5.69 Å². The second-order valence-electron chi connectivity index (χ2n) is 8.23. The monoisotopic (exact) mass is 500 g/mol. The fourth-order valence-corrected chi connectivity index (χ4v) is 4.12. The van der Waals surface area contributed by atoms with Gasteiger partial charge in [0.05, 0.1) is 17.9 Å². The van der Waals surface area contributed by atoms with E-state index in [1.807, 2.05) is 35.2 Å². The number of fused-ring (bicyclic) bond motifs is 1. The Morgan fingerprint density at radius 1 is 0.694 bits per heavy atom. The zero-order valence-corrected chi connectivity index (χ0v) is 18.6. The van der Waals surface area contributed by atoms with Gasteiger partial charge in [-0.3, -0.25) is 0 Å². The number of halogens is 6. The van der Waals surface area contributed by atoms with E-state index in [0.29, 0.717) is 17.8 Å². The molecule has 0 unspecified atom stereocenters. The van der Waals surface area contributed by atoms with E-state index in [4.69, 9.17) is 0 Å². The summed E-state index contributed by atoms with van der Waals surface area (Å²) in [6, 6.07) is 22.0. The third-order valence-corrected chi connectivity index (χ3v) is 5.77. The number of nitrogens with zero attached hydrogens (tertiary/aromatic N) is 4. The van der Waals surface area contributed by atoms with Crippen LogP contribution in [-0.2, 0) is 18.9 Å². The first-order valence-corrected chi connectivity index (χ1v) is 10.9. The molecule has 0 N–H and O–H groups in total. The van der Waals surface area contributed by atoms with E-state index in [0.717, 1.165) is 17.7 Å². The molecule has 4 aromatic rings. The molecule has 0 aliphatic carbocycles. The highest BCUT2D eigenvalue weighted by atomic mass is 19.4. The van der Waals surface area contributed by atoms with E-state index >= 15 is 0 Å². The van der Waals surface area contributed by atoms with Crippen LogP contribution in [0.25, 0.3) is 11.3 Å². The summed E-state index contributed by atoms with van der Waals surface area (Å²) in [7, 11) is 0. The summed E-state index contributed by atoms with van der Waals surface area (Å²) < 4.78 is 80.8. The quantitative estimate of drug-likeness (QED) is 0.275. The van der Waals surface area contributed by atoms with Crippen LogP contribution < -0.4 is 9.80 Å². The van der Waals surface area contributed by atoms with Crippen molar-refractivity contribution < 1.29 is 26.3 Å². The van der Waals surface area contributed by atoms with Gasteiger partial charge in [-0.15, -0.1) is 0 Å². The van der Waals surface area contributed by atoms with Gasteiger partial charge < -0.3 is 9.80 Å². The Morgan fingerprint density at radius 3 is 1.89 bits per heavy atom. The summed E-state index contributed by atoms with van der Waals surface area (Å²) in [6.07, 6.45) is -9.36. The summed E-state index contributed by atoms with van der Waals surface area (Å²) in [5.74, 6) is -1.34. The summed E-state index contributed by atoms with van der Waals surface area (Å²) >= 11 is 0. The molecule has 5 rings (SSSR count). The lowest BCUT2D eigenvalue weighted by molar-refractivity contribution is -0.144. The molecule has 1 aliphatic heterocycles. The highest BCUT2D eigenvalue weighted by Gasteiger charge is 2.41. The summed E-state index contributed by atoms with van der Waals surface area (Å²) in [4.78, 5) is 11.1. The summed E-state index contributed by atoms with van der Waals surface area (Å²) in [6.45, 7) is 0.408. The van der Waals surface area contributed by atoms with Crippen molar-refractivity contribution >= 4 is 17.2 Å². The number of rotatable bonds is 4. The molecule has 0 radical (unpaired) electrons. The third-order valence-electron chi connectivity index (χ3n) is 5.77. The van der Waals surface area contributed by atoms with Crippen LogP contribution in [0.2, 0.25) is 0 Å². The molecule has 1 aliphatic rings. The molecule has 0 fully saturated rings. The normalized spacial score (nSPS) is 13.7. The highest BCUT2D eigenvalue weighted by molar-refractivity contribution is 5.89. The number of hydrogen-bond donors (Lipinski definition) is 0. The molecule has 1 aromatic heterocycles. The van der Waals surface area contributed by atoms with Crippen molar-refractivity contribution in [1.82, 2.24) is 9.97 Å². The molecule has 2 heterocycles. The molecule has 0 bridgehead atoms. The molecular formula is C26H18F6N4. The predicted octanol–water partition coefficient (Wildman–Crippen LogP) is 7.30. The lowest BCUT2D eigenvalue weighted by atomic mass is 10.1. The van der Waals surface area contributed by atoms with Crippen LogP contribution in [0, 0.1) is 0 Å². The van der Waals surface area contributed by atoms with Crippen LogP contribution in [0.5, 0.6) is 0 Å². The Kier molecular flexibility index (Phi) is 5.82. The average Bonchev–Trinajstić information content (AvgIpc) is 3.22. The Labute approximate surface area is 202 Å². The Morgan fingerprint density at radius 2 is 1.31 bits per heavy atom. The van der Waals surface area contributed by atoms with Crippen molar-refractivity contribution in [2.75, 3.05) is 16.5 Å². The van der Waals surface area contributed by atoms with E-state index in [2.05, 4.69) is 9.97 Å². The molecule has 4 nitrogen and oxygen atoms in total. The smallest absolute Gasteiger partial charge is 0.344 e. The molecule has 36 heavy (non-hydrogen) atoms. The van der Waals surface area contributed by atoms with Gasteiger partial charge in [0.15, 0.2) is 5.82 Å². The maximum Gasteiger partial charge on any atom is 0.451 e. The molecule has 0 atom stereocenters. The van der Waals surface area contributed by atoms with Crippen molar-refractivity contribution in [2.45, 2.75) is 18.9 Å². The minimum Gasteiger partial charge on any atom is -0.344 e. The first-order valence-electron chi connectivity index (χ1n) is 10.9. The van der Waals surface area contributed by atoms with Gasteiger partial charge in [0.2, 0.25) is 5.82 Å². The molecule has 3 aromatic carbocycles. The highest BCUT2D eigenvalue weighted by Crippen LogP contribution is 2.47. The van der Waals surface area contributed by atoms with Crippen LogP contribution in [-0.4, -0.2) is 16.6 Å². The molecule has 184 valence electrons. The van der Waals surface area contributed by atoms with Crippen LogP contribution in [0.4, 0.5) is 43.5 Å². The van der Waals surface area contributed by atoms with Crippen LogP contribution in [0.15, 0.2) is 84.9 Å². The summed E-state index contributed by atoms with van der Waals surface area (Å²) in [5.41, 5.74) is 1.27. The number of alkyl halides is 6. The van der Waals surface area contributed by atoms with Crippen molar-refractivity contribution in [1.29, 1.82) is 0 Å². The largest absolute Gasteiger partial charge is 0.451 e. The molecule has 10 heteroatoms. The second kappa shape index (κ2) is 8.85. The predicted molar refractivity (Wildman–Crippen MR) is 124 cm³/mol. The van der Waals surface area contributed by atoms with Crippen LogP contribution in [0.3, 0.4) is 0 Å². The molecular weight excluding hydrogens is 482 g/mol. The molecule has 0 amide bonds. The number of anilines is 3. The SMILES string of the molecule is FC(F)(F)c1ccc(N2CN(Cc3ccccc3)c3c(-c4ccccc4)nc(C(F)(F)F)nc32)cc1. The maximum atomic E-state index is 13.8. The first-order chi connectivity index (χ1) is 17.1. The van der Waals surface area contributed by atoms with Gasteiger partial charge in [0.25, 0.3) is 0 Å². The lowest BCUT2D eigenvalue weighted by Gasteiger charge is -2.22. The Balaban J connectivity index is 1.69. The average molecular weight is 500 g/mol. The van der Waals surface area contributed by atoms with Gasteiger partial charge in [-0.1, -0.05) is 60.7 Å². The molecule has 0 saturated carbocycles. The zero-order valence-electron chi connectivity index (χ0n) is 18.6. The molecule has 0 saturated heterocycles. The standard InChI is InChI=1S/C26H18F6N4/c27-25(28,29)19-11-13-20(14-12-19)36-16-35(15-17-7-3-1-4-8-17)22-21(18-9-5-2-6-10-18)33-24(26(30,31)32)34-23(22)36/h1-14H,15-16H2. The Hall–Kier alpha value is -4.08. The number of benzene rings is 3. The number of aromatic nitrogens is 2. The minimum atomic E-state index is -4.82. The van der Waals surface area contributed by atoms with Crippen LogP contribution in [0.1, 0.15) is 17.0 Å². The van der Waals surface area contributed by atoms with Crippen molar-refractivity contribution in [3.05, 3.63) is 102 Å². The van der Waals surface area contributed by atoms with Gasteiger partial charge >= 0.3 is 12.4 Å². The topological polar surface area (TPSA) is 32.3 Å². The van der Waals surface area contributed by atoms with Gasteiger partial charge in [-0.2, -0.15) is 26.3 Å². The fourth-order valence-electron chi connectivity index (χ4n) is 4.12. The fraction of sp³-hybridized carbons (Fsp3) is 0.154. The van der Waals surface area contributed by atoms with Crippen LogP contribution >= 0.6 is 0 Å². The zero-order chi connectivity index (χ0) is 25.5. The van der Waals surface area contributed by atoms with E-state index in [-0.39, 0.29) is 23.9 Å². The number of hydrogen-bond acceptors (Lipinski definition) is 4. The lowest BCUT2D eigenvalue weighted by Crippen LogP contribution is -2.27. The minimum absolute atomic E-state index is 0.0214. The van der Waals surface area contributed by atoms with Gasteiger partial charge in [-0.05, 0) is 29.8 Å². The van der Waals surface area contributed by atoms with E-state index in [9.17, 15) is 26.3 Å². The summed E-state index contributed by atoms with van der Waals surface area (Å²) in [5, 5.41) is 0. The van der Waals surface area contributed by atoms with Crippen molar-refractivity contribution in [3.8, 4) is 11.3 Å². The first kappa shape index (κ1) is 23.7.